The Labute approximate surface area is 160 Å². The molecule has 5 nitrogen and oxygen atoms in total. The van der Waals surface area contributed by atoms with E-state index < -0.39 is 0 Å². The Bertz CT molecular complexity index is 721. The minimum absolute atomic E-state index is 0.102. The van der Waals surface area contributed by atoms with Gasteiger partial charge in [-0.25, -0.2) is 9.18 Å². The topological polar surface area (TPSA) is 56.6 Å². The first-order valence-corrected chi connectivity index (χ1v) is 9.53. The van der Waals surface area contributed by atoms with Crippen LogP contribution in [0.15, 0.2) is 29.8 Å². The summed E-state index contributed by atoms with van der Waals surface area (Å²) in [4.78, 5) is 16.6. The number of urea groups is 1. The molecule has 0 N–H and O–H groups in total. The second kappa shape index (κ2) is 9.01. The lowest BCUT2D eigenvalue weighted by molar-refractivity contribution is 0.0938. The maximum Gasteiger partial charge on any atom is 0.320 e. The number of piperidine rings is 2. The highest BCUT2D eigenvalue weighted by Gasteiger charge is 2.28. The van der Waals surface area contributed by atoms with Crippen molar-refractivity contribution in [1.29, 1.82) is 5.26 Å². The average molecular weight is 371 g/mol. The van der Waals surface area contributed by atoms with Crippen molar-refractivity contribution >= 4 is 11.6 Å². The SMILES string of the molecule is COCC1CCN(C(=O)N2CCC(=C(C#N)c3ccc(F)cc3)CC2)CC1. The lowest BCUT2D eigenvalue weighted by Gasteiger charge is -2.37. The first-order chi connectivity index (χ1) is 13.1. The Hall–Kier alpha value is -2.39. The smallest absolute Gasteiger partial charge is 0.320 e. The third-order valence-electron chi connectivity index (χ3n) is 5.52. The fraction of sp³-hybridized carbons (Fsp3) is 0.524. The summed E-state index contributed by atoms with van der Waals surface area (Å²) >= 11 is 0. The quantitative estimate of drug-likeness (QED) is 0.762. The van der Waals surface area contributed by atoms with E-state index in [9.17, 15) is 14.4 Å². The number of allylic oxidation sites excluding steroid dienone is 1. The van der Waals surface area contributed by atoms with E-state index in [-0.39, 0.29) is 11.8 Å². The van der Waals surface area contributed by atoms with Gasteiger partial charge < -0.3 is 14.5 Å². The van der Waals surface area contributed by atoms with Crippen LogP contribution in [0.1, 0.15) is 31.2 Å². The van der Waals surface area contributed by atoms with Gasteiger partial charge in [0, 0.05) is 39.9 Å². The highest BCUT2D eigenvalue weighted by atomic mass is 19.1. The Morgan fingerprint density at radius 3 is 2.30 bits per heavy atom. The molecule has 0 spiro atoms. The second-order valence-corrected chi connectivity index (χ2v) is 7.25. The monoisotopic (exact) mass is 371 g/mol. The number of carbonyl (C=O) groups is 1. The van der Waals surface area contributed by atoms with Crippen molar-refractivity contribution < 1.29 is 13.9 Å². The van der Waals surface area contributed by atoms with Gasteiger partial charge in [0.05, 0.1) is 11.6 Å². The number of rotatable bonds is 3. The molecule has 144 valence electrons. The maximum absolute atomic E-state index is 13.1. The number of hydrogen-bond acceptors (Lipinski definition) is 3. The van der Waals surface area contributed by atoms with Gasteiger partial charge in [0.2, 0.25) is 0 Å². The summed E-state index contributed by atoms with van der Waals surface area (Å²) in [5, 5.41) is 9.55. The van der Waals surface area contributed by atoms with E-state index in [0.29, 0.717) is 37.4 Å². The molecule has 2 saturated heterocycles. The summed E-state index contributed by atoms with van der Waals surface area (Å²) in [6, 6.07) is 8.40. The first kappa shape index (κ1) is 19.4. The number of amides is 2. The van der Waals surface area contributed by atoms with Crippen molar-refractivity contribution in [2.75, 3.05) is 39.9 Å². The zero-order chi connectivity index (χ0) is 19.2. The van der Waals surface area contributed by atoms with Crippen molar-refractivity contribution in [3.63, 3.8) is 0 Å². The van der Waals surface area contributed by atoms with Gasteiger partial charge in [0.25, 0.3) is 0 Å². The van der Waals surface area contributed by atoms with Crippen LogP contribution in [0.2, 0.25) is 0 Å². The highest BCUT2D eigenvalue weighted by Crippen LogP contribution is 2.27. The summed E-state index contributed by atoms with van der Waals surface area (Å²) in [5.74, 6) is 0.236. The zero-order valence-electron chi connectivity index (χ0n) is 15.8. The molecule has 0 aliphatic carbocycles. The third-order valence-corrected chi connectivity index (χ3v) is 5.52. The predicted molar refractivity (Wildman–Crippen MR) is 101 cm³/mol. The van der Waals surface area contributed by atoms with Gasteiger partial charge in [-0.3, -0.25) is 0 Å². The van der Waals surface area contributed by atoms with Crippen LogP contribution >= 0.6 is 0 Å². The molecule has 0 aromatic heterocycles. The molecule has 27 heavy (non-hydrogen) atoms. The molecule has 0 saturated carbocycles. The molecule has 3 rings (SSSR count). The number of carbonyl (C=O) groups excluding carboxylic acids is 1. The number of likely N-dealkylation sites (tertiary alicyclic amines) is 2. The first-order valence-electron chi connectivity index (χ1n) is 9.53. The number of nitriles is 1. The maximum atomic E-state index is 13.1. The van der Waals surface area contributed by atoms with E-state index in [4.69, 9.17) is 4.74 Å². The van der Waals surface area contributed by atoms with Gasteiger partial charge >= 0.3 is 6.03 Å². The molecule has 0 bridgehead atoms. The molecular formula is C21H26FN3O2. The number of methoxy groups -OCH3 is 1. The van der Waals surface area contributed by atoms with Crippen molar-refractivity contribution in [2.45, 2.75) is 25.7 Å². The molecule has 2 amide bonds. The van der Waals surface area contributed by atoms with E-state index in [0.717, 1.165) is 43.7 Å². The van der Waals surface area contributed by atoms with E-state index in [1.165, 1.54) is 12.1 Å². The van der Waals surface area contributed by atoms with Gasteiger partial charge in [-0.2, -0.15) is 5.26 Å². The normalized spacial score (nSPS) is 18.3. The van der Waals surface area contributed by atoms with E-state index in [2.05, 4.69) is 6.07 Å². The number of ether oxygens (including phenoxy) is 1. The lowest BCUT2D eigenvalue weighted by Crippen LogP contribution is -2.48. The van der Waals surface area contributed by atoms with Crippen LogP contribution < -0.4 is 0 Å². The number of halogens is 1. The van der Waals surface area contributed by atoms with Crippen molar-refractivity contribution in [1.82, 2.24) is 9.80 Å². The zero-order valence-corrected chi connectivity index (χ0v) is 15.8. The van der Waals surface area contributed by atoms with Crippen LogP contribution in [0.4, 0.5) is 9.18 Å². The summed E-state index contributed by atoms with van der Waals surface area (Å²) in [6.07, 6.45) is 3.35. The fourth-order valence-corrected chi connectivity index (χ4v) is 3.91. The minimum Gasteiger partial charge on any atom is -0.384 e. The van der Waals surface area contributed by atoms with E-state index in [1.54, 1.807) is 19.2 Å². The van der Waals surface area contributed by atoms with Crippen LogP contribution in [-0.2, 0) is 4.74 Å². The molecule has 2 fully saturated rings. The molecule has 6 heteroatoms. The van der Waals surface area contributed by atoms with Gasteiger partial charge in [-0.1, -0.05) is 12.1 Å². The number of benzene rings is 1. The Morgan fingerprint density at radius 1 is 1.15 bits per heavy atom. The number of nitrogens with zero attached hydrogens (tertiary/aromatic N) is 3. The highest BCUT2D eigenvalue weighted by molar-refractivity contribution is 5.80. The Kier molecular flexibility index (Phi) is 6.46. The summed E-state index contributed by atoms with van der Waals surface area (Å²) < 4.78 is 18.3. The minimum atomic E-state index is -0.310. The molecule has 2 aliphatic heterocycles. The molecule has 1 aromatic carbocycles. The van der Waals surface area contributed by atoms with Gasteiger partial charge in [0.15, 0.2) is 0 Å². The van der Waals surface area contributed by atoms with Crippen molar-refractivity contribution in [3.8, 4) is 6.07 Å². The molecule has 0 atom stereocenters. The lowest BCUT2D eigenvalue weighted by atomic mass is 9.94. The van der Waals surface area contributed by atoms with Crippen LogP contribution in [0.5, 0.6) is 0 Å². The fourth-order valence-electron chi connectivity index (χ4n) is 3.91. The molecular weight excluding hydrogens is 345 g/mol. The van der Waals surface area contributed by atoms with Crippen LogP contribution in [0, 0.1) is 23.1 Å². The standard InChI is InChI=1S/C21H26FN3O2/c1-27-15-16-6-10-24(11-7-16)21(26)25-12-8-18(9-13-25)20(14-23)17-2-4-19(22)5-3-17/h2-5,16H,6-13,15H2,1H3. The van der Waals surface area contributed by atoms with Crippen molar-refractivity contribution in [3.05, 3.63) is 41.2 Å². The molecule has 0 radical (unpaired) electrons. The third kappa shape index (κ3) is 4.67. The Morgan fingerprint density at radius 2 is 1.74 bits per heavy atom. The molecule has 1 aromatic rings. The van der Waals surface area contributed by atoms with Crippen LogP contribution in [0.3, 0.4) is 0 Å². The van der Waals surface area contributed by atoms with E-state index >= 15 is 0 Å². The van der Waals surface area contributed by atoms with Crippen LogP contribution in [-0.4, -0.2) is 55.7 Å². The summed E-state index contributed by atoms with van der Waals surface area (Å²) in [7, 11) is 1.72. The molecule has 2 heterocycles. The molecule has 0 unspecified atom stereocenters. The number of hydrogen-bond donors (Lipinski definition) is 0. The second-order valence-electron chi connectivity index (χ2n) is 7.25. The summed E-state index contributed by atoms with van der Waals surface area (Å²) in [6.45, 7) is 3.58. The van der Waals surface area contributed by atoms with Gasteiger partial charge in [-0.15, -0.1) is 0 Å². The summed E-state index contributed by atoms with van der Waals surface area (Å²) in [5.41, 5.74) is 2.41. The largest absolute Gasteiger partial charge is 0.384 e. The van der Waals surface area contributed by atoms with Gasteiger partial charge in [0.1, 0.15) is 5.82 Å². The predicted octanol–water partition coefficient (Wildman–Crippen LogP) is 3.68. The van der Waals surface area contributed by atoms with Gasteiger partial charge in [-0.05, 0) is 54.9 Å². The van der Waals surface area contributed by atoms with Crippen LogP contribution in [0.25, 0.3) is 5.57 Å². The van der Waals surface area contributed by atoms with Crippen molar-refractivity contribution in [2.24, 2.45) is 5.92 Å². The molecule has 2 aliphatic rings. The van der Waals surface area contributed by atoms with E-state index in [1.807, 2.05) is 9.80 Å². The average Bonchev–Trinajstić information content (AvgIpc) is 2.71. The Balaban J connectivity index is 1.59.